The van der Waals surface area contributed by atoms with Gasteiger partial charge in [0.15, 0.2) is 0 Å². The van der Waals surface area contributed by atoms with Crippen molar-refractivity contribution in [3.8, 4) is 0 Å². The number of rotatable bonds is 6. The summed E-state index contributed by atoms with van der Waals surface area (Å²) in [6, 6.07) is 33.0. The summed E-state index contributed by atoms with van der Waals surface area (Å²) in [5.41, 5.74) is 4.50. The second-order valence-corrected chi connectivity index (χ2v) is 11.0. The van der Waals surface area contributed by atoms with Gasteiger partial charge in [0, 0.05) is 0 Å². The molecular weight excluding hydrogens is 453 g/mol. The number of hydrogen-bond donors (Lipinski definition) is 1. The van der Waals surface area contributed by atoms with E-state index >= 15 is 0 Å². The molecule has 3 rings (SSSR count). The van der Waals surface area contributed by atoms with Crippen molar-refractivity contribution in [3.05, 3.63) is 108 Å². The van der Waals surface area contributed by atoms with Crippen LogP contribution in [0.2, 0.25) is 0 Å². The Kier molecular flexibility index (Phi) is 9.93. The first kappa shape index (κ1) is 20.2. The number of benzene rings is 3. The third-order valence-electron chi connectivity index (χ3n) is 3.39. The van der Waals surface area contributed by atoms with Crippen LogP contribution in [0.25, 0.3) is 0 Å². The van der Waals surface area contributed by atoms with Gasteiger partial charge in [0.25, 0.3) is 0 Å². The van der Waals surface area contributed by atoms with Crippen molar-refractivity contribution in [2.45, 2.75) is 7.37 Å². The summed E-state index contributed by atoms with van der Waals surface area (Å²) in [7, 11) is 3.75. The first-order valence-electron chi connectivity index (χ1n) is 8.46. The molecule has 0 radical (unpaired) electrons. The fourth-order valence-corrected chi connectivity index (χ4v) is 8.03. The van der Waals surface area contributed by atoms with Crippen molar-refractivity contribution < 1.29 is 32.3 Å². The molecule has 1 N–H and O–H groups in total. The predicted molar refractivity (Wildman–Crippen MR) is 105 cm³/mol. The molecule has 3 aromatic rings. The van der Waals surface area contributed by atoms with Crippen LogP contribution in [-0.2, 0) is 7.37 Å². The molecule has 135 valence electrons. The minimum absolute atomic E-state index is 1.12. The molecule has 3 aromatic carbocycles. The molecule has 0 amide bonds. The molecule has 0 spiro atoms. The van der Waals surface area contributed by atoms with Gasteiger partial charge in [-0.25, -0.2) is 0 Å². The molecule has 0 fully saturated rings. The van der Waals surface area contributed by atoms with Gasteiger partial charge in [-0.15, -0.1) is 0 Å². The van der Waals surface area contributed by atoms with Gasteiger partial charge < -0.3 is 5.32 Å². The van der Waals surface area contributed by atoms with E-state index in [-0.39, 0.29) is 0 Å². The van der Waals surface area contributed by atoms with Crippen molar-refractivity contribution >= 4 is 0 Å². The van der Waals surface area contributed by atoms with Gasteiger partial charge >= 0.3 is 147 Å². The fourth-order valence-electron chi connectivity index (χ4n) is 2.32. The Morgan fingerprint density at radius 3 is 1.00 bits per heavy atom. The van der Waals surface area contributed by atoms with E-state index < -0.39 is 32.3 Å². The molecule has 0 unspecified atom stereocenters. The van der Waals surface area contributed by atoms with Crippen LogP contribution < -0.4 is 5.32 Å². The van der Waals surface area contributed by atoms with Crippen LogP contribution in [0.1, 0.15) is 16.7 Å². The third kappa shape index (κ3) is 8.21. The van der Waals surface area contributed by atoms with Crippen LogP contribution in [0.5, 0.6) is 0 Å². The van der Waals surface area contributed by atoms with Gasteiger partial charge in [0.2, 0.25) is 0 Å². The molecule has 2 heteroatoms. The summed E-state index contributed by atoms with van der Waals surface area (Å²) >= 11 is -1.12. The van der Waals surface area contributed by atoms with Crippen LogP contribution in [0.4, 0.5) is 0 Å². The Balaban J connectivity index is 0.000000701. The van der Waals surface area contributed by atoms with E-state index in [2.05, 4.69) is 96.3 Å². The molecular formula is C23H28DyN. The van der Waals surface area contributed by atoms with Crippen LogP contribution >= 0.6 is 0 Å². The van der Waals surface area contributed by atoms with E-state index in [1.54, 1.807) is 0 Å². The molecule has 0 bridgehead atoms. The van der Waals surface area contributed by atoms with Crippen LogP contribution in [0.3, 0.4) is 0 Å². The van der Waals surface area contributed by atoms with Gasteiger partial charge in [-0.2, -0.15) is 0 Å². The predicted octanol–water partition coefficient (Wildman–Crippen LogP) is 5.04. The van der Waals surface area contributed by atoms with Crippen molar-refractivity contribution in [2.24, 2.45) is 0 Å². The van der Waals surface area contributed by atoms with E-state index in [0.29, 0.717) is 0 Å². The Hall–Kier alpha value is -1.11. The maximum absolute atomic E-state index is 2.75. The monoisotopic (exact) mass is 482 g/mol. The summed E-state index contributed by atoms with van der Waals surface area (Å²) in [4.78, 5) is 0. The van der Waals surface area contributed by atoms with E-state index in [0.717, 1.165) is 0 Å². The molecule has 0 atom stereocenters. The maximum atomic E-state index is 2.75. The summed E-state index contributed by atoms with van der Waals surface area (Å²) in [5, 5.41) is 2.75. The van der Waals surface area contributed by atoms with Gasteiger partial charge in [-0.1, -0.05) is 0 Å². The molecule has 25 heavy (non-hydrogen) atoms. The van der Waals surface area contributed by atoms with Gasteiger partial charge in [-0.05, 0) is 14.1 Å². The van der Waals surface area contributed by atoms with Crippen molar-refractivity contribution in [3.63, 3.8) is 0 Å². The van der Waals surface area contributed by atoms with E-state index in [4.69, 9.17) is 0 Å². The second kappa shape index (κ2) is 12.3. The van der Waals surface area contributed by atoms with E-state index in [1.807, 2.05) is 14.1 Å². The van der Waals surface area contributed by atoms with Crippen molar-refractivity contribution in [1.29, 1.82) is 0 Å². The zero-order valence-electron chi connectivity index (χ0n) is 15.1. The number of nitrogens with one attached hydrogen (secondary N) is 1. The first-order chi connectivity index (χ1) is 12.3. The Labute approximate surface area is 165 Å². The molecule has 0 aromatic heterocycles. The topological polar surface area (TPSA) is 12.0 Å². The molecule has 1 nitrogen and oxygen atoms in total. The molecule has 0 saturated heterocycles. The molecule has 0 saturated carbocycles. The normalized spacial score (nSPS) is 10.6. The van der Waals surface area contributed by atoms with Gasteiger partial charge in [-0.3, -0.25) is 0 Å². The van der Waals surface area contributed by atoms with Crippen LogP contribution in [-0.4, -0.2) is 14.1 Å². The zero-order chi connectivity index (χ0) is 17.7. The minimum atomic E-state index is -1.12. The Bertz CT molecular complexity index is 584. The standard InChI is InChI=1S/3C7H7.C2H7N.Dy/c3*1-7-5-3-2-4-6-7;1-3-2;/h3*2-6H,1H2;3H,1-2H3;. The molecule has 0 heterocycles. The summed E-state index contributed by atoms with van der Waals surface area (Å²) in [6.07, 6.45) is 0. The van der Waals surface area contributed by atoms with Crippen LogP contribution in [0.15, 0.2) is 91.0 Å². The van der Waals surface area contributed by atoms with Crippen LogP contribution in [0, 0.1) is 32.3 Å². The SMILES string of the molecule is CNC.c1ccc([CH2][Dy]([CH2]c2ccccc2)[CH2]c2ccccc2)cc1. The third-order valence-corrected chi connectivity index (χ3v) is 8.92. The Morgan fingerprint density at radius 1 is 0.520 bits per heavy atom. The summed E-state index contributed by atoms with van der Waals surface area (Å²) < 4.78 is 3.86. The first-order valence-corrected chi connectivity index (χ1v) is 12.8. The van der Waals surface area contributed by atoms with Crippen molar-refractivity contribution in [1.82, 2.24) is 5.32 Å². The average molecular weight is 481 g/mol. The Morgan fingerprint density at radius 2 is 0.760 bits per heavy atom. The second-order valence-electron chi connectivity index (χ2n) is 5.77. The van der Waals surface area contributed by atoms with Gasteiger partial charge in [0.1, 0.15) is 0 Å². The number of hydrogen-bond acceptors (Lipinski definition) is 1. The van der Waals surface area contributed by atoms with Crippen molar-refractivity contribution in [2.75, 3.05) is 14.1 Å². The van der Waals surface area contributed by atoms with E-state index in [1.165, 1.54) is 24.1 Å². The molecule has 0 aliphatic carbocycles. The fraction of sp³-hybridized carbons (Fsp3) is 0.217. The summed E-state index contributed by atoms with van der Waals surface area (Å²) in [6.45, 7) is 0. The van der Waals surface area contributed by atoms with Gasteiger partial charge in [0.05, 0.1) is 0 Å². The summed E-state index contributed by atoms with van der Waals surface area (Å²) in [5.74, 6) is 0. The zero-order valence-corrected chi connectivity index (χ0v) is 17.1. The molecule has 0 aliphatic heterocycles. The quantitative estimate of drug-likeness (QED) is 0.521. The van der Waals surface area contributed by atoms with E-state index in [9.17, 15) is 0 Å². The average Bonchev–Trinajstić information content (AvgIpc) is 2.65. The molecule has 0 aliphatic rings.